The fourth-order valence-electron chi connectivity index (χ4n) is 2.60. The maximum absolute atomic E-state index is 12.4. The van der Waals surface area contributed by atoms with E-state index >= 15 is 0 Å². The maximum atomic E-state index is 12.4. The number of sulfonamides is 1. The fourth-order valence-corrected chi connectivity index (χ4v) is 3.89. The number of anilines is 1. The number of aromatic nitrogens is 1. The number of ether oxygens (including phenoxy) is 1. The summed E-state index contributed by atoms with van der Waals surface area (Å²) in [7, 11) is -3.52. The summed E-state index contributed by atoms with van der Waals surface area (Å²) in [5.74, 6) is 0.342. The third kappa shape index (κ3) is 3.04. The molecule has 0 atom stereocenters. The van der Waals surface area contributed by atoms with Crippen molar-refractivity contribution in [1.29, 1.82) is 0 Å². The molecule has 7 heteroatoms. The van der Waals surface area contributed by atoms with Gasteiger partial charge in [-0.3, -0.25) is 0 Å². The van der Waals surface area contributed by atoms with Crippen molar-refractivity contribution in [3.63, 3.8) is 0 Å². The smallest absolute Gasteiger partial charge is 0.242 e. The third-order valence-corrected chi connectivity index (χ3v) is 5.32. The van der Waals surface area contributed by atoms with Gasteiger partial charge in [-0.1, -0.05) is 0 Å². The van der Waals surface area contributed by atoms with E-state index in [9.17, 15) is 8.42 Å². The lowest BCUT2D eigenvalue weighted by Gasteiger charge is -2.22. The van der Waals surface area contributed by atoms with Crippen molar-refractivity contribution < 1.29 is 13.2 Å². The highest BCUT2D eigenvalue weighted by Gasteiger charge is 2.21. The Bertz CT molecular complexity index is 733. The molecular weight excluding hydrogens is 290 g/mol. The van der Waals surface area contributed by atoms with Crippen molar-refractivity contribution >= 4 is 26.6 Å². The molecule has 0 radical (unpaired) electrons. The molecule has 1 aliphatic heterocycles. The molecule has 1 aromatic heterocycles. The van der Waals surface area contributed by atoms with E-state index in [1.165, 1.54) is 6.20 Å². The number of aromatic amines is 1. The molecule has 1 aromatic carbocycles. The van der Waals surface area contributed by atoms with Crippen LogP contribution in [0.2, 0.25) is 0 Å². The van der Waals surface area contributed by atoms with Crippen LogP contribution in [0, 0.1) is 5.92 Å². The highest BCUT2D eigenvalue weighted by atomic mass is 32.2. The Morgan fingerprint density at radius 1 is 1.33 bits per heavy atom. The number of nitrogen functional groups attached to an aromatic ring is 1. The molecule has 4 N–H and O–H groups in total. The van der Waals surface area contributed by atoms with Gasteiger partial charge in [0.15, 0.2) is 0 Å². The van der Waals surface area contributed by atoms with Crippen molar-refractivity contribution in [1.82, 2.24) is 9.71 Å². The van der Waals surface area contributed by atoms with Crippen molar-refractivity contribution in [3.8, 4) is 0 Å². The minimum absolute atomic E-state index is 0.268. The summed E-state index contributed by atoms with van der Waals surface area (Å²) in [6, 6.07) is 5.16. The normalized spacial score (nSPS) is 17.3. The average molecular weight is 309 g/mol. The summed E-state index contributed by atoms with van der Waals surface area (Å²) < 4.78 is 32.9. The zero-order valence-electron chi connectivity index (χ0n) is 11.6. The molecular formula is C14H19N3O3S. The molecule has 1 saturated heterocycles. The predicted octanol–water partition coefficient (Wildman–Crippen LogP) is 1.45. The third-order valence-electron chi connectivity index (χ3n) is 3.86. The number of nitrogens with two attached hydrogens (primary N) is 1. The Hall–Kier alpha value is -1.57. The van der Waals surface area contributed by atoms with Gasteiger partial charge < -0.3 is 15.5 Å². The molecule has 114 valence electrons. The van der Waals surface area contributed by atoms with Crippen LogP contribution in [0.5, 0.6) is 0 Å². The standard InChI is InChI=1S/C14H19N3O3S/c15-11-1-2-12-13(7-11)16-9-14(12)21(18,19)17-8-10-3-5-20-6-4-10/h1-2,7,9-10,16-17H,3-6,8,15H2. The van der Waals surface area contributed by atoms with Gasteiger partial charge in [-0.15, -0.1) is 0 Å². The first-order chi connectivity index (χ1) is 10.1. The predicted molar refractivity (Wildman–Crippen MR) is 81.4 cm³/mol. The van der Waals surface area contributed by atoms with E-state index in [1.54, 1.807) is 18.2 Å². The first-order valence-electron chi connectivity index (χ1n) is 7.00. The molecule has 0 spiro atoms. The Labute approximate surface area is 123 Å². The van der Waals surface area contributed by atoms with Crippen LogP contribution >= 0.6 is 0 Å². The topological polar surface area (TPSA) is 97.2 Å². The molecule has 6 nitrogen and oxygen atoms in total. The molecule has 0 saturated carbocycles. The van der Waals surface area contributed by atoms with Crippen LogP contribution in [0.15, 0.2) is 29.3 Å². The van der Waals surface area contributed by atoms with E-state index in [4.69, 9.17) is 10.5 Å². The minimum atomic E-state index is -3.52. The summed E-state index contributed by atoms with van der Waals surface area (Å²) >= 11 is 0. The molecule has 21 heavy (non-hydrogen) atoms. The molecule has 0 amide bonds. The lowest BCUT2D eigenvalue weighted by atomic mass is 10.0. The number of H-pyrrole nitrogens is 1. The molecule has 2 aromatic rings. The molecule has 1 aliphatic rings. The Kier molecular flexibility index (Phi) is 3.88. The molecule has 3 rings (SSSR count). The second-order valence-corrected chi connectivity index (χ2v) is 7.10. The first-order valence-corrected chi connectivity index (χ1v) is 8.48. The van der Waals surface area contributed by atoms with Gasteiger partial charge in [0.25, 0.3) is 0 Å². The average Bonchev–Trinajstić information content (AvgIpc) is 2.90. The van der Waals surface area contributed by atoms with Gasteiger partial charge >= 0.3 is 0 Å². The molecule has 2 heterocycles. The number of nitrogens with one attached hydrogen (secondary N) is 2. The first kappa shape index (κ1) is 14.4. The molecule has 1 fully saturated rings. The van der Waals surface area contributed by atoms with Gasteiger partial charge in [0.05, 0.1) is 0 Å². The number of hydrogen-bond donors (Lipinski definition) is 3. The van der Waals surface area contributed by atoms with Gasteiger partial charge in [0.1, 0.15) is 4.90 Å². The minimum Gasteiger partial charge on any atom is -0.399 e. The van der Waals surface area contributed by atoms with Gasteiger partial charge in [0.2, 0.25) is 10.0 Å². The van der Waals surface area contributed by atoms with E-state index in [0.29, 0.717) is 36.8 Å². The lowest BCUT2D eigenvalue weighted by molar-refractivity contribution is 0.0678. The van der Waals surface area contributed by atoms with E-state index in [2.05, 4.69) is 9.71 Å². The van der Waals surface area contributed by atoms with Crippen LogP contribution in [-0.4, -0.2) is 33.2 Å². The number of rotatable bonds is 4. The van der Waals surface area contributed by atoms with Crippen LogP contribution in [0.1, 0.15) is 12.8 Å². The second kappa shape index (κ2) is 5.67. The number of fused-ring (bicyclic) bond motifs is 1. The number of benzene rings is 1. The highest BCUT2D eigenvalue weighted by molar-refractivity contribution is 7.89. The van der Waals surface area contributed by atoms with E-state index in [0.717, 1.165) is 18.4 Å². The molecule has 0 bridgehead atoms. The monoisotopic (exact) mass is 309 g/mol. The summed E-state index contributed by atoms with van der Waals surface area (Å²) in [4.78, 5) is 3.22. The summed E-state index contributed by atoms with van der Waals surface area (Å²) in [6.45, 7) is 1.87. The molecule has 0 aliphatic carbocycles. The van der Waals surface area contributed by atoms with Gasteiger partial charge in [-0.25, -0.2) is 13.1 Å². The van der Waals surface area contributed by atoms with E-state index in [-0.39, 0.29) is 4.90 Å². The van der Waals surface area contributed by atoms with Crippen molar-refractivity contribution in [2.75, 3.05) is 25.5 Å². The molecule has 0 unspecified atom stereocenters. The van der Waals surface area contributed by atoms with Crippen LogP contribution < -0.4 is 10.5 Å². The van der Waals surface area contributed by atoms with Crippen LogP contribution in [-0.2, 0) is 14.8 Å². The fraction of sp³-hybridized carbons (Fsp3) is 0.429. The Morgan fingerprint density at radius 3 is 2.86 bits per heavy atom. The Balaban J connectivity index is 1.79. The zero-order chi connectivity index (χ0) is 14.9. The van der Waals surface area contributed by atoms with Crippen molar-refractivity contribution in [3.05, 3.63) is 24.4 Å². The zero-order valence-corrected chi connectivity index (χ0v) is 12.4. The summed E-state index contributed by atoms with van der Waals surface area (Å²) in [5, 5.41) is 0.656. The quantitative estimate of drug-likeness (QED) is 0.745. The van der Waals surface area contributed by atoms with E-state index < -0.39 is 10.0 Å². The van der Waals surface area contributed by atoms with E-state index in [1.807, 2.05) is 0 Å². The SMILES string of the molecule is Nc1ccc2c(S(=O)(=O)NCC3CCOCC3)c[nH]c2c1. The highest BCUT2D eigenvalue weighted by Crippen LogP contribution is 2.24. The summed E-state index contributed by atoms with van der Waals surface area (Å²) in [5.41, 5.74) is 7.03. The lowest BCUT2D eigenvalue weighted by Crippen LogP contribution is -2.32. The van der Waals surface area contributed by atoms with Crippen molar-refractivity contribution in [2.24, 2.45) is 5.92 Å². The number of hydrogen-bond acceptors (Lipinski definition) is 4. The largest absolute Gasteiger partial charge is 0.399 e. The van der Waals surface area contributed by atoms with Gasteiger partial charge in [0, 0.05) is 42.5 Å². The van der Waals surface area contributed by atoms with Gasteiger partial charge in [-0.2, -0.15) is 0 Å². The maximum Gasteiger partial charge on any atom is 0.242 e. The second-order valence-electron chi connectivity index (χ2n) is 5.37. The summed E-state index contributed by atoms with van der Waals surface area (Å²) in [6.07, 6.45) is 3.30. The Morgan fingerprint density at radius 2 is 2.10 bits per heavy atom. The van der Waals surface area contributed by atoms with Crippen LogP contribution in [0.4, 0.5) is 5.69 Å². The van der Waals surface area contributed by atoms with Crippen molar-refractivity contribution in [2.45, 2.75) is 17.7 Å². The van der Waals surface area contributed by atoms with Gasteiger partial charge in [-0.05, 0) is 37.0 Å². The van der Waals surface area contributed by atoms with Crippen LogP contribution in [0.3, 0.4) is 0 Å². The van der Waals surface area contributed by atoms with Crippen LogP contribution in [0.25, 0.3) is 10.9 Å².